The average molecular weight is 726 g/mol. The Hall–Kier alpha value is -4.12. The van der Waals surface area contributed by atoms with Crippen LogP contribution in [0.2, 0.25) is 0 Å². The van der Waals surface area contributed by atoms with Crippen LogP contribution in [0.15, 0.2) is 41.3 Å². The highest BCUT2D eigenvalue weighted by atomic mass is 79.9. The van der Waals surface area contributed by atoms with Gasteiger partial charge in [-0.25, -0.2) is 15.0 Å². The van der Waals surface area contributed by atoms with Crippen LogP contribution in [0, 0.1) is 19.3 Å². The summed E-state index contributed by atoms with van der Waals surface area (Å²) in [6, 6.07) is 7.12. The Bertz CT molecular complexity index is 1990. The fourth-order valence-electron chi connectivity index (χ4n) is 8.03. The maximum atomic E-state index is 14.5. The lowest BCUT2D eigenvalue weighted by molar-refractivity contribution is -0.139. The number of benzene rings is 1. The minimum atomic E-state index is -0.609. The van der Waals surface area contributed by atoms with Crippen molar-refractivity contribution in [2.75, 3.05) is 0 Å². The van der Waals surface area contributed by atoms with Crippen LogP contribution in [0.5, 0.6) is 0 Å². The van der Waals surface area contributed by atoms with Crippen LogP contribution < -0.4 is 0 Å². The molecule has 2 bridgehead atoms. The maximum Gasteiger partial charge on any atom is 0.245 e. The van der Waals surface area contributed by atoms with Crippen molar-refractivity contribution in [3.63, 3.8) is 0 Å². The summed E-state index contributed by atoms with van der Waals surface area (Å²) in [5.41, 5.74) is 5.18. The number of halogens is 1. The van der Waals surface area contributed by atoms with Gasteiger partial charge in [0.15, 0.2) is 11.6 Å². The van der Waals surface area contributed by atoms with E-state index in [0.29, 0.717) is 52.9 Å². The molecule has 3 aliphatic rings. The summed E-state index contributed by atoms with van der Waals surface area (Å²) in [5, 5.41) is 5.47. The number of Topliss-reactive ketones (excluding diaryl/α,β-unsaturated/α-hetero) is 3. The maximum absolute atomic E-state index is 14.5. The standard InChI is InChI=1S/C38H41BrN6O4/c1-22-10-11-34(39)42-30(22)16-32(48)31-17-38-13-12-28(47)9-7-5-4-6-8-25-14-26(27-19-40-24(3)41-20-27)15-29-36(23(2)46)43-44(37(25)29)21-35(49)45(31)33(38)18-38/h10-11,14-15,19-20,31,33H,4-9,12-13,16-18,21H2,1-3H3/t31-,33+,38-/m0/s1. The van der Waals surface area contributed by atoms with Crippen molar-refractivity contribution in [3.05, 3.63) is 69.6 Å². The molecule has 49 heavy (non-hydrogen) atoms. The van der Waals surface area contributed by atoms with Gasteiger partial charge in [-0.3, -0.25) is 23.9 Å². The summed E-state index contributed by atoms with van der Waals surface area (Å²) < 4.78 is 2.34. The van der Waals surface area contributed by atoms with Gasteiger partial charge in [0.2, 0.25) is 5.91 Å². The van der Waals surface area contributed by atoms with E-state index in [1.165, 1.54) is 6.92 Å². The van der Waals surface area contributed by atoms with Gasteiger partial charge in [0, 0.05) is 49.2 Å². The number of carbonyl (C=O) groups is 4. The van der Waals surface area contributed by atoms with Crippen LogP contribution in [0.1, 0.15) is 97.8 Å². The molecule has 0 N–H and O–H groups in total. The molecule has 254 valence electrons. The first-order valence-electron chi connectivity index (χ1n) is 17.3. The number of aryl methyl sites for hydroxylation is 3. The Morgan fingerprint density at radius 3 is 2.47 bits per heavy atom. The van der Waals surface area contributed by atoms with E-state index >= 15 is 0 Å². The van der Waals surface area contributed by atoms with E-state index < -0.39 is 6.04 Å². The molecule has 2 fully saturated rings. The Morgan fingerprint density at radius 2 is 1.71 bits per heavy atom. The van der Waals surface area contributed by atoms with Gasteiger partial charge in [0.05, 0.1) is 23.7 Å². The van der Waals surface area contributed by atoms with E-state index in [0.717, 1.165) is 66.3 Å². The van der Waals surface area contributed by atoms with Gasteiger partial charge in [0.25, 0.3) is 0 Å². The zero-order valence-corrected chi connectivity index (χ0v) is 29.9. The van der Waals surface area contributed by atoms with Crippen LogP contribution in [0.25, 0.3) is 22.0 Å². The highest BCUT2D eigenvalue weighted by Gasteiger charge is 2.66. The van der Waals surface area contributed by atoms with Gasteiger partial charge < -0.3 is 4.90 Å². The molecule has 1 amide bonds. The molecule has 0 radical (unpaired) electrons. The summed E-state index contributed by atoms with van der Waals surface area (Å²) in [6.07, 6.45) is 11.1. The van der Waals surface area contributed by atoms with Gasteiger partial charge in [-0.2, -0.15) is 5.10 Å². The second-order valence-electron chi connectivity index (χ2n) is 14.2. The number of carbonyl (C=O) groups excluding carboxylic acids is 4. The van der Waals surface area contributed by atoms with Crippen LogP contribution in [-0.2, 0) is 33.8 Å². The average Bonchev–Trinajstić information content (AvgIpc) is 3.48. The smallest absolute Gasteiger partial charge is 0.245 e. The highest BCUT2D eigenvalue weighted by molar-refractivity contribution is 9.10. The molecule has 5 heterocycles. The first-order chi connectivity index (χ1) is 23.5. The second-order valence-corrected chi connectivity index (χ2v) is 15.0. The number of piperidine rings is 1. The molecule has 11 heteroatoms. The van der Waals surface area contributed by atoms with Crippen LogP contribution >= 0.6 is 15.9 Å². The lowest BCUT2D eigenvalue weighted by Crippen LogP contribution is -2.45. The molecule has 7 rings (SSSR count). The summed E-state index contributed by atoms with van der Waals surface area (Å²) in [7, 11) is 0. The third-order valence-electron chi connectivity index (χ3n) is 10.8. The van der Waals surface area contributed by atoms with Gasteiger partial charge in [-0.1, -0.05) is 18.9 Å². The van der Waals surface area contributed by atoms with Gasteiger partial charge in [-0.05, 0) is 109 Å². The molecule has 1 aliphatic carbocycles. The molecule has 10 nitrogen and oxygen atoms in total. The Kier molecular flexibility index (Phi) is 9.06. The summed E-state index contributed by atoms with van der Waals surface area (Å²) in [5.74, 6) is 0.509. The molecular weight excluding hydrogens is 684 g/mol. The van der Waals surface area contributed by atoms with Crippen LogP contribution in [0.3, 0.4) is 0 Å². The topological polar surface area (TPSA) is 128 Å². The molecule has 4 aromatic rings. The fourth-order valence-corrected chi connectivity index (χ4v) is 8.37. The monoisotopic (exact) mass is 724 g/mol. The Morgan fingerprint density at radius 1 is 0.959 bits per heavy atom. The largest absolute Gasteiger partial charge is 0.327 e. The van der Waals surface area contributed by atoms with Crippen LogP contribution in [0.4, 0.5) is 0 Å². The van der Waals surface area contributed by atoms with Gasteiger partial charge in [0.1, 0.15) is 28.4 Å². The zero-order chi connectivity index (χ0) is 34.4. The van der Waals surface area contributed by atoms with Crippen molar-refractivity contribution in [3.8, 4) is 11.1 Å². The third-order valence-corrected chi connectivity index (χ3v) is 11.2. The van der Waals surface area contributed by atoms with E-state index in [4.69, 9.17) is 5.10 Å². The molecule has 1 aromatic carbocycles. The predicted octanol–water partition coefficient (Wildman–Crippen LogP) is 6.50. The Labute approximate surface area is 294 Å². The molecule has 0 unspecified atom stereocenters. The molecule has 3 aromatic heterocycles. The van der Waals surface area contributed by atoms with E-state index in [1.807, 2.05) is 32.0 Å². The van der Waals surface area contributed by atoms with Crippen molar-refractivity contribution in [1.82, 2.24) is 29.6 Å². The number of hydrogen-bond donors (Lipinski definition) is 0. The minimum absolute atomic E-state index is 0.0465. The summed E-state index contributed by atoms with van der Waals surface area (Å²) >= 11 is 3.43. The van der Waals surface area contributed by atoms with Crippen molar-refractivity contribution in [1.29, 1.82) is 0 Å². The van der Waals surface area contributed by atoms with Crippen molar-refractivity contribution in [2.45, 2.75) is 110 Å². The Balaban J connectivity index is 1.29. The SMILES string of the molecule is CC(=O)c1nn2c3c(cc(-c4cnc(C)nc4)cc13)CCCCCCC(=O)CC[C@@]13C[C@@H](C(=O)Cc4nc(Br)ccc4C)N(C(=O)C2)[C@@H]1C3. The minimum Gasteiger partial charge on any atom is -0.327 e. The normalized spacial score (nSPS) is 23.0. The fraction of sp³-hybridized carbons (Fsp3) is 0.474. The predicted molar refractivity (Wildman–Crippen MR) is 188 cm³/mol. The number of aromatic nitrogens is 5. The third kappa shape index (κ3) is 6.61. The van der Waals surface area contributed by atoms with Crippen molar-refractivity contribution < 1.29 is 19.2 Å². The molecular formula is C38H41BrN6O4. The highest BCUT2D eigenvalue weighted by Crippen LogP contribution is 2.62. The number of amides is 1. The van der Waals surface area contributed by atoms with E-state index in [9.17, 15) is 19.2 Å². The number of rotatable bonds is 5. The lowest BCUT2D eigenvalue weighted by atomic mass is 9.90. The number of nitrogens with zero attached hydrogens (tertiary/aromatic N) is 6. The molecule has 3 atom stereocenters. The van der Waals surface area contributed by atoms with E-state index in [1.54, 1.807) is 22.0 Å². The molecule has 0 spiro atoms. The summed E-state index contributed by atoms with van der Waals surface area (Å²) in [6.45, 7) is 5.18. The van der Waals surface area contributed by atoms with Gasteiger partial charge >= 0.3 is 0 Å². The quantitative estimate of drug-likeness (QED) is 0.169. The molecule has 2 aliphatic heterocycles. The zero-order valence-electron chi connectivity index (χ0n) is 28.3. The van der Waals surface area contributed by atoms with E-state index in [-0.39, 0.29) is 47.7 Å². The number of ketones is 3. The lowest BCUT2D eigenvalue weighted by Gasteiger charge is -2.27. The second kappa shape index (κ2) is 13.3. The van der Waals surface area contributed by atoms with Crippen LogP contribution in [-0.4, -0.2) is 65.0 Å². The van der Waals surface area contributed by atoms with Crippen molar-refractivity contribution in [2.24, 2.45) is 5.41 Å². The van der Waals surface area contributed by atoms with Gasteiger partial charge in [-0.15, -0.1) is 0 Å². The summed E-state index contributed by atoms with van der Waals surface area (Å²) in [4.78, 5) is 69.6. The first-order valence-corrected chi connectivity index (χ1v) is 18.1. The number of pyridine rings is 1. The molecule has 1 saturated carbocycles. The number of hydrogen-bond acceptors (Lipinski definition) is 8. The van der Waals surface area contributed by atoms with Crippen molar-refractivity contribution >= 4 is 50.1 Å². The molecule has 1 saturated heterocycles. The van der Waals surface area contributed by atoms with E-state index in [2.05, 4.69) is 36.9 Å². The first kappa shape index (κ1) is 33.4.